The van der Waals surface area contributed by atoms with Crippen LogP contribution in [0.15, 0.2) is 18.2 Å². The highest BCUT2D eigenvalue weighted by atomic mass is 16.3. The van der Waals surface area contributed by atoms with Crippen molar-refractivity contribution in [3.63, 3.8) is 0 Å². The second-order valence-electron chi connectivity index (χ2n) is 3.41. The predicted molar refractivity (Wildman–Crippen MR) is 54.9 cm³/mol. The number of nitrogens with two attached hydrogens (primary N) is 1. The molecule has 0 radical (unpaired) electrons. The first kappa shape index (κ1) is 9.23. The molecule has 0 amide bonds. The fraction of sp³-hybridized carbons (Fsp3) is 0.444. The quantitative estimate of drug-likeness (QED) is 0.454. The molecule has 2 rings (SSSR count). The van der Waals surface area contributed by atoms with Gasteiger partial charge in [-0.2, -0.15) is 0 Å². The normalized spacial score (nSPS) is 21.3. The summed E-state index contributed by atoms with van der Waals surface area (Å²) in [6, 6.07) is 5.61. The van der Waals surface area contributed by atoms with Gasteiger partial charge in [-0.3, -0.25) is 0 Å². The van der Waals surface area contributed by atoms with Gasteiger partial charge >= 0.3 is 0 Å². The summed E-state index contributed by atoms with van der Waals surface area (Å²) in [6.45, 7) is 1.50. The van der Waals surface area contributed by atoms with Crippen LogP contribution in [0.5, 0.6) is 0 Å². The van der Waals surface area contributed by atoms with E-state index in [0.717, 1.165) is 18.8 Å². The molecule has 14 heavy (non-hydrogen) atoms. The second kappa shape index (κ2) is 3.81. The summed E-state index contributed by atoms with van der Waals surface area (Å²) in [5.41, 5.74) is 2.50. The van der Waals surface area contributed by atoms with Gasteiger partial charge in [0.1, 0.15) is 11.6 Å². The molecule has 0 spiro atoms. The Hall–Kier alpha value is -1.33. The molecule has 1 aliphatic rings. The molecule has 1 unspecified atom stereocenters. The first-order valence-corrected chi connectivity index (χ1v) is 4.66. The van der Waals surface area contributed by atoms with E-state index in [1.165, 1.54) is 0 Å². The molecular weight excluding hydrogens is 180 g/mol. The van der Waals surface area contributed by atoms with E-state index in [2.05, 4.69) is 10.4 Å². The van der Waals surface area contributed by atoms with Crippen molar-refractivity contribution >= 4 is 11.6 Å². The lowest BCUT2D eigenvalue weighted by atomic mass is 10.3. The molecule has 1 fully saturated rings. The summed E-state index contributed by atoms with van der Waals surface area (Å²) in [5.74, 6) is 6.77. The summed E-state index contributed by atoms with van der Waals surface area (Å²) in [6.07, 6.45) is 0.577. The summed E-state index contributed by atoms with van der Waals surface area (Å²) in [5, 5.41) is 9.38. The molecule has 5 heteroatoms. The van der Waals surface area contributed by atoms with Crippen LogP contribution in [0.1, 0.15) is 6.42 Å². The van der Waals surface area contributed by atoms with Gasteiger partial charge in [0.05, 0.1) is 6.10 Å². The SMILES string of the molecule is NNc1cccc(N2CCC(O)C2)n1. The number of nitrogens with one attached hydrogen (secondary N) is 1. The Kier molecular flexibility index (Phi) is 2.51. The molecule has 76 valence electrons. The minimum Gasteiger partial charge on any atom is -0.391 e. The molecule has 1 saturated heterocycles. The van der Waals surface area contributed by atoms with E-state index in [0.29, 0.717) is 12.4 Å². The minimum absolute atomic E-state index is 0.230. The Morgan fingerprint density at radius 1 is 1.57 bits per heavy atom. The molecule has 1 aromatic heterocycles. The Morgan fingerprint density at radius 2 is 2.43 bits per heavy atom. The van der Waals surface area contributed by atoms with E-state index in [1.54, 1.807) is 6.07 Å². The van der Waals surface area contributed by atoms with Crippen molar-refractivity contribution in [3.8, 4) is 0 Å². The Morgan fingerprint density at radius 3 is 3.07 bits per heavy atom. The maximum atomic E-state index is 9.38. The first-order chi connectivity index (χ1) is 6.79. The molecule has 0 saturated carbocycles. The van der Waals surface area contributed by atoms with Gasteiger partial charge in [0.15, 0.2) is 0 Å². The van der Waals surface area contributed by atoms with Crippen LogP contribution >= 0.6 is 0 Å². The topological polar surface area (TPSA) is 74.4 Å². The average Bonchev–Trinajstić information content (AvgIpc) is 2.65. The summed E-state index contributed by atoms with van der Waals surface area (Å²) in [7, 11) is 0. The number of nitrogen functional groups attached to an aromatic ring is 1. The zero-order chi connectivity index (χ0) is 9.97. The van der Waals surface area contributed by atoms with Gasteiger partial charge in [0.25, 0.3) is 0 Å². The standard InChI is InChI=1S/C9H14N4O/c10-12-8-2-1-3-9(11-8)13-5-4-7(14)6-13/h1-3,7,14H,4-6,10H2,(H,11,12). The van der Waals surface area contributed by atoms with Crippen molar-refractivity contribution in [2.24, 2.45) is 5.84 Å². The van der Waals surface area contributed by atoms with E-state index in [9.17, 15) is 5.11 Å². The number of aromatic nitrogens is 1. The van der Waals surface area contributed by atoms with Gasteiger partial charge in [-0.05, 0) is 18.6 Å². The van der Waals surface area contributed by atoms with Crippen molar-refractivity contribution in [3.05, 3.63) is 18.2 Å². The van der Waals surface area contributed by atoms with Crippen LogP contribution in [0.25, 0.3) is 0 Å². The third kappa shape index (κ3) is 1.78. The third-order valence-electron chi connectivity index (χ3n) is 2.37. The first-order valence-electron chi connectivity index (χ1n) is 4.66. The zero-order valence-electron chi connectivity index (χ0n) is 7.85. The summed E-state index contributed by atoms with van der Waals surface area (Å²) in [4.78, 5) is 6.33. The summed E-state index contributed by atoms with van der Waals surface area (Å²) < 4.78 is 0. The molecule has 1 aromatic rings. The van der Waals surface area contributed by atoms with Crippen LogP contribution in [0.3, 0.4) is 0 Å². The average molecular weight is 194 g/mol. The molecule has 2 heterocycles. The summed E-state index contributed by atoms with van der Waals surface area (Å²) >= 11 is 0. The maximum absolute atomic E-state index is 9.38. The van der Waals surface area contributed by atoms with Crippen molar-refractivity contribution in [1.82, 2.24) is 4.98 Å². The highest BCUT2D eigenvalue weighted by Crippen LogP contribution is 2.19. The van der Waals surface area contributed by atoms with Gasteiger partial charge < -0.3 is 15.4 Å². The number of nitrogens with zero attached hydrogens (tertiary/aromatic N) is 2. The highest BCUT2D eigenvalue weighted by molar-refractivity contribution is 5.47. The molecule has 5 nitrogen and oxygen atoms in total. The van der Waals surface area contributed by atoms with E-state index < -0.39 is 0 Å². The number of β-amino-alcohol motifs (C(OH)–C–C–N with tert-alkyl or cyclic N) is 1. The van der Waals surface area contributed by atoms with Gasteiger partial charge in [0, 0.05) is 13.1 Å². The lowest BCUT2D eigenvalue weighted by Crippen LogP contribution is -2.22. The highest BCUT2D eigenvalue weighted by Gasteiger charge is 2.21. The Bertz CT molecular complexity index is 317. The van der Waals surface area contributed by atoms with Crippen molar-refractivity contribution in [2.45, 2.75) is 12.5 Å². The number of hydrogen-bond donors (Lipinski definition) is 3. The Labute approximate surface area is 82.5 Å². The number of aliphatic hydroxyl groups excluding tert-OH is 1. The van der Waals surface area contributed by atoms with Gasteiger partial charge in [-0.15, -0.1) is 0 Å². The third-order valence-corrected chi connectivity index (χ3v) is 2.37. The lowest BCUT2D eigenvalue weighted by Gasteiger charge is -2.16. The van der Waals surface area contributed by atoms with Crippen LogP contribution in [0.4, 0.5) is 11.6 Å². The minimum atomic E-state index is -0.230. The zero-order valence-corrected chi connectivity index (χ0v) is 7.85. The van der Waals surface area contributed by atoms with E-state index in [1.807, 2.05) is 17.0 Å². The van der Waals surface area contributed by atoms with E-state index in [4.69, 9.17) is 5.84 Å². The van der Waals surface area contributed by atoms with E-state index in [-0.39, 0.29) is 6.10 Å². The number of rotatable bonds is 2. The smallest absolute Gasteiger partial charge is 0.142 e. The van der Waals surface area contributed by atoms with Gasteiger partial charge in [0.2, 0.25) is 0 Å². The monoisotopic (exact) mass is 194 g/mol. The number of aliphatic hydroxyl groups is 1. The van der Waals surface area contributed by atoms with Crippen LogP contribution in [0, 0.1) is 0 Å². The molecule has 0 aromatic carbocycles. The number of anilines is 2. The van der Waals surface area contributed by atoms with E-state index >= 15 is 0 Å². The fourth-order valence-corrected chi connectivity index (χ4v) is 1.63. The molecule has 1 atom stereocenters. The number of hydrogen-bond acceptors (Lipinski definition) is 5. The second-order valence-corrected chi connectivity index (χ2v) is 3.41. The van der Waals surface area contributed by atoms with Crippen LogP contribution in [0.2, 0.25) is 0 Å². The predicted octanol–water partition coefficient (Wildman–Crippen LogP) is -0.0618. The molecule has 4 N–H and O–H groups in total. The Balaban J connectivity index is 2.15. The number of hydrazine groups is 1. The maximum Gasteiger partial charge on any atom is 0.142 e. The number of pyridine rings is 1. The largest absolute Gasteiger partial charge is 0.391 e. The van der Waals surface area contributed by atoms with Crippen molar-refractivity contribution < 1.29 is 5.11 Å². The van der Waals surface area contributed by atoms with Crippen molar-refractivity contribution in [1.29, 1.82) is 0 Å². The van der Waals surface area contributed by atoms with Gasteiger partial charge in [-0.1, -0.05) is 6.07 Å². The molecular formula is C9H14N4O. The van der Waals surface area contributed by atoms with Crippen molar-refractivity contribution in [2.75, 3.05) is 23.4 Å². The van der Waals surface area contributed by atoms with Crippen LogP contribution in [-0.4, -0.2) is 29.3 Å². The lowest BCUT2D eigenvalue weighted by molar-refractivity contribution is 0.198. The molecule has 1 aliphatic heterocycles. The molecule has 0 aliphatic carbocycles. The fourth-order valence-electron chi connectivity index (χ4n) is 1.63. The molecule has 0 bridgehead atoms. The van der Waals surface area contributed by atoms with Gasteiger partial charge in [-0.25, -0.2) is 10.8 Å². The van der Waals surface area contributed by atoms with Crippen LogP contribution in [-0.2, 0) is 0 Å². The van der Waals surface area contributed by atoms with Crippen LogP contribution < -0.4 is 16.2 Å².